The Labute approximate surface area is 137 Å². The zero-order valence-electron chi connectivity index (χ0n) is 11.4. The van der Waals surface area contributed by atoms with Gasteiger partial charge < -0.3 is 5.11 Å². The van der Waals surface area contributed by atoms with Gasteiger partial charge in [-0.25, -0.2) is 4.79 Å². The topological polar surface area (TPSA) is 54.4 Å². The molecule has 1 N–H and O–H groups in total. The Morgan fingerprint density at radius 1 is 1.00 bits per heavy atom. The van der Waals surface area contributed by atoms with Crippen LogP contribution in [0.1, 0.15) is 15.9 Å². The Hall–Kier alpha value is -2.10. The summed E-state index contributed by atoms with van der Waals surface area (Å²) in [6, 6.07) is 13.7. The molecule has 0 saturated carbocycles. The minimum atomic E-state index is -1.17. The van der Waals surface area contributed by atoms with Crippen molar-refractivity contribution in [3.63, 3.8) is 0 Å². The average Bonchev–Trinajstić information content (AvgIpc) is 2.49. The summed E-state index contributed by atoms with van der Waals surface area (Å²) in [5, 5.41) is 9.57. The number of allylic oxidation sites excluding steroid dienone is 1. The molecule has 0 unspecified atom stereocenters. The highest BCUT2D eigenvalue weighted by Crippen LogP contribution is 2.24. The monoisotopic (exact) mass is 334 g/mol. The van der Waals surface area contributed by atoms with E-state index >= 15 is 0 Å². The van der Waals surface area contributed by atoms with Crippen molar-refractivity contribution in [1.82, 2.24) is 0 Å². The summed E-state index contributed by atoms with van der Waals surface area (Å²) in [5.74, 6) is -1.55. The fourth-order valence-corrected chi connectivity index (χ4v) is 2.28. The molecule has 0 amide bonds. The van der Waals surface area contributed by atoms with Gasteiger partial charge in [0, 0.05) is 23.6 Å². The Bertz CT molecular complexity index is 737. The molecule has 0 aromatic heterocycles. The van der Waals surface area contributed by atoms with Crippen molar-refractivity contribution in [1.29, 1.82) is 0 Å². The molecule has 0 aliphatic carbocycles. The fraction of sp³-hybridized carbons (Fsp3) is 0.0588. The summed E-state index contributed by atoms with van der Waals surface area (Å²) < 4.78 is 0. The van der Waals surface area contributed by atoms with Crippen LogP contribution in [0.4, 0.5) is 0 Å². The summed E-state index contributed by atoms with van der Waals surface area (Å²) in [5.41, 5.74) is 1.33. The second-order valence-corrected chi connectivity index (χ2v) is 5.44. The van der Waals surface area contributed by atoms with Gasteiger partial charge in [0.1, 0.15) is 0 Å². The number of ketones is 1. The molecular weight excluding hydrogens is 323 g/mol. The van der Waals surface area contributed by atoms with Crippen LogP contribution in [0, 0.1) is 0 Å². The predicted octanol–water partition coefficient (Wildman–Crippen LogP) is 4.43. The third-order valence-corrected chi connectivity index (χ3v) is 3.75. The molecule has 0 saturated heterocycles. The Morgan fingerprint density at radius 3 is 2.27 bits per heavy atom. The summed E-state index contributed by atoms with van der Waals surface area (Å²) in [4.78, 5) is 23.5. The van der Waals surface area contributed by atoms with E-state index in [-0.39, 0.29) is 22.8 Å². The van der Waals surface area contributed by atoms with Crippen molar-refractivity contribution in [2.75, 3.05) is 0 Å². The van der Waals surface area contributed by atoms with E-state index in [4.69, 9.17) is 28.3 Å². The lowest BCUT2D eigenvalue weighted by Gasteiger charge is -2.07. The van der Waals surface area contributed by atoms with Crippen LogP contribution in [0.5, 0.6) is 0 Å². The van der Waals surface area contributed by atoms with E-state index in [1.54, 1.807) is 0 Å². The molecule has 0 fully saturated rings. The van der Waals surface area contributed by atoms with Crippen LogP contribution in [0.15, 0.2) is 60.2 Å². The maximum atomic E-state index is 12.5. The molecule has 0 aliphatic heterocycles. The Balaban J connectivity index is 2.35. The number of aliphatic carboxylic acids is 1. The van der Waals surface area contributed by atoms with Gasteiger partial charge in [-0.2, -0.15) is 0 Å². The summed E-state index contributed by atoms with van der Waals surface area (Å²) in [6.45, 7) is 0. The average molecular weight is 335 g/mol. The molecule has 0 aliphatic rings. The zero-order valence-corrected chi connectivity index (χ0v) is 12.9. The normalized spacial score (nSPS) is 11.3. The standard InChI is InChI=1S/C17H12Cl2O3/c18-14-7-6-12(9-15(14)19)17(22)13(10-16(20)21)8-11-4-2-1-3-5-11/h1-7,9-10H,8H2,(H,20,21)/b13-10+. The van der Waals surface area contributed by atoms with E-state index < -0.39 is 5.97 Å². The SMILES string of the molecule is O=C(O)/C=C(\Cc1ccccc1)C(=O)c1ccc(Cl)c(Cl)c1. The summed E-state index contributed by atoms with van der Waals surface area (Å²) in [6.07, 6.45) is 1.16. The van der Waals surface area contributed by atoms with Crippen molar-refractivity contribution in [3.05, 3.63) is 81.4 Å². The first-order valence-corrected chi connectivity index (χ1v) is 7.20. The first-order chi connectivity index (χ1) is 10.5. The molecule has 2 aromatic rings. The van der Waals surface area contributed by atoms with Gasteiger partial charge in [0.25, 0.3) is 0 Å². The molecule has 22 heavy (non-hydrogen) atoms. The number of carbonyl (C=O) groups is 2. The minimum Gasteiger partial charge on any atom is -0.478 e. The van der Waals surface area contributed by atoms with E-state index in [1.807, 2.05) is 30.3 Å². The highest BCUT2D eigenvalue weighted by Gasteiger charge is 2.15. The minimum absolute atomic E-state index is 0.178. The van der Waals surface area contributed by atoms with Crippen LogP contribution >= 0.6 is 23.2 Å². The van der Waals surface area contributed by atoms with Crippen molar-refractivity contribution in [2.45, 2.75) is 6.42 Å². The maximum Gasteiger partial charge on any atom is 0.328 e. The molecule has 2 aromatic carbocycles. The number of Topliss-reactive ketones (excluding diaryl/α,β-unsaturated/α-hetero) is 1. The van der Waals surface area contributed by atoms with Gasteiger partial charge in [0.2, 0.25) is 0 Å². The van der Waals surface area contributed by atoms with Crippen LogP contribution in [0.2, 0.25) is 10.0 Å². The lowest BCUT2D eigenvalue weighted by molar-refractivity contribution is -0.131. The second kappa shape index (κ2) is 7.25. The first-order valence-electron chi connectivity index (χ1n) is 6.44. The van der Waals surface area contributed by atoms with E-state index in [1.165, 1.54) is 18.2 Å². The maximum absolute atomic E-state index is 12.5. The number of halogens is 2. The Kier molecular flexibility index (Phi) is 5.36. The number of carboxylic acid groups (broad SMARTS) is 1. The number of carbonyl (C=O) groups excluding carboxylic acids is 1. The molecule has 2 rings (SSSR count). The van der Waals surface area contributed by atoms with Gasteiger partial charge in [0.15, 0.2) is 5.78 Å². The number of benzene rings is 2. The first kappa shape index (κ1) is 16.3. The number of hydrogen-bond donors (Lipinski definition) is 1. The third-order valence-electron chi connectivity index (χ3n) is 3.01. The highest BCUT2D eigenvalue weighted by atomic mass is 35.5. The second-order valence-electron chi connectivity index (χ2n) is 4.63. The van der Waals surface area contributed by atoms with Gasteiger partial charge in [-0.3, -0.25) is 4.79 Å². The van der Waals surface area contributed by atoms with Gasteiger partial charge in [-0.05, 0) is 23.8 Å². The molecule has 3 nitrogen and oxygen atoms in total. The van der Waals surface area contributed by atoms with Gasteiger partial charge in [-0.15, -0.1) is 0 Å². The van der Waals surface area contributed by atoms with Crippen molar-refractivity contribution < 1.29 is 14.7 Å². The van der Waals surface area contributed by atoms with Crippen LogP contribution in [0.25, 0.3) is 0 Å². The van der Waals surface area contributed by atoms with Crippen LogP contribution in [0.3, 0.4) is 0 Å². The zero-order chi connectivity index (χ0) is 16.1. The number of hydrogen-bond acceptors (Lipinski definition) is 2. The summed E-state index contributed by atoms with van der Waals surface area (Å²) >= 11 is 11.7. The quantitative estimate of drug-likeness (QED) is 0.650. The summed E-state index contributed by atoms with van der Waals surface area (Å²) in [7, 11) is 0. The van der Waals surface area contributed by atoms with Crippen molar-refractivity contribution in [2.24, 2.45) is 0 Å². The van der Waals surface area contributed by atoms with E-state index in [0.29, 0.717) is 10.6 Å². The number of rotatable bonds is 5. The molecule has 0 bridgehead atoms. The smallest absolute Gasteiger partial charge is 0.328 e. The van der Waals surface area contributed by atoms with Crippen molar-refractivity contribution in [3.8, 4) is 0 Å². The molecule has 0 spiro atoms. The van der Waals surface area contributed by atoms with Crippen molar-refractivity contribution >= 4 is 35.0 Å². The van der Waals surface area contributed by atoms with Crippen LogP contribution < -0.4 is 0 Å². The van der Waals surface area contributed by atoms with E-state index in [0.717, 1.165) is 11.6 Å². The van der Waals surface area contributed by atoms with Gasteiger partial charge >= 0.3 is 5.97 Å². The van der Waals surface area contributed by atoms with E-state index in [9.17, 15) is 9.59 Å². The lowest BCUT2D eigenvalue weighted by atomic mass is 9.96. The fourth-order valence-electron chi connectivity index (χ4n) is 1.98. The molecular formula is C17H12Cl2O3. The molecule has 0 heterocycles. The Morgan fingerprint density at radius 2 is 1.68 bits per heavy atom. The van der Waals surface area contributed by atoms with Gasteiger partial charge in [0.05, 0.1) is 10.0 Å². The predicted molar refractivity (Wildman–Crippen MR) is 86.7 cm³/mol. The molecule has 5 heteroatoms. The van der Waals surface area contributed by atoms with Gasteiger partial charge in [-0.1, -0.05) is 53.5 Å². The highest BCUT2D eigenvalue weighted by molar-refractivity contribution is 6.42. The van der Waals surface area contributed by atoms with Crippen LogP contribution in [-0.2, 0) is 11.2 Å². The molecule has 112 valence electrons. The largest absolute Gasteiger partial charge is 0.478 e. The van der Waals surface area contributed by atoms with E-state index in [2.05, 4.69) is 0 Å². The van der Waals surface area contributed by atoms with Crippen LogP contribution in [-0.4, -0.2) is 16.9 Å². The molecule has 0 atom stereocenters. The number of carboxylic acids is 1. The third kappa shape index (κ3) is 4.20. The molecule has 0 radical (unpaired) electrons. The lowest BCUT2D eigenvalue weighted by Crippen LogP contribution is -2.09.